The number of ether oxygens (including phenoxy) is 1. The molecule has 0 aliphatic heterocycles. The third-order valence-electron chi connectivity index (χ3n) is 4.99. The van der Waals surface area contributed by atoms with E-state index in [9.17, 15) is 9.59 Å². The maximum absolute atomic E-state index is 13.4. The van der Waals surface area contributed by atoms with Crippen LogP contribution in [0.3, 0.4) is 0 Å². The van der Waals surface area contributed by atoms with Crippen LogP contribution in [0.4, 0.5) is 0 Å². The number of imidazole rings is 1. The van der Waals surface area contributed by atoms with Crippen molar-refractivity contribution in [3.8, 4) is 0 Å². The molecule has 0 saturated heterocycles. The number of Topliss-reactive ketones (excluding diaryl/α,β-unsaturated/α-hetero) is 1. The van der Waals surface area contributed by atoms with Gasteiger partial charge in [0.25, 0.3) is 0 Å². The van der Waals surface area contributed by atoms with Gasteiger partial charge >= 0.3 is 5.97 Å². The summed E-state index contributed by atoms with van der Waals surface area (Å²) in [6.45, 7) is 0. The Kier molecular flexibility index (Phi) is 4.37. The molecule has 0 spiro atoms. The van der Waals surface area contributed by atoms with E-state index in [0.29, 0.717) is 16.8 Å². The normalized spacial score (nSPS) is 12.1. The Labute approximate surface area is 171 Å². The molecule has 1 atom stereocenters. The maximum Gasteiger partial charge on any atom is 0.359 e. The molecule has 5 aromatic rings. The molecule has 3 heterocycles. The van der Waals surface area contributed by atoms with Crippen LogP contribution in [0.2, 0.25) is 0 Å². The number of pyridine rings is 1. The molecule has 0 bridgehead atoms. The standard InChI is InChI=1S/C24H17N3O3/c28-22(18-14-25-19-11-5-4-10-17(18)19)23(16-8-2-1-3-9-16)30-24(29)20-15-27-13-7-6-12-21(27)26-20/h1-15,23,25H/t23-/m1/s1. The third kappa shape index (κ3) is 3.14. The summed E-state index contributed by atoms with van der Waals surface area (Å²) in [6, 6.07) is 22.0. The van der Waals surface area contributed by atoms with Crippen molar-refractivity contribution in [3.63, 3.8) is 0 Å². The molecule has 6 heteroatoms. The fourth-order valence-corrected chi connectivity index (χ4v) is 3.52. The fourth-order valence-electron chi connectivity index (χ4n) is 3.52. The van der Waals surface area contributed by atoms with Crippen LogP contribution in [-0.4, -0.2) is 26.1 Å². The minimum Gasteiger partial charge on any atom is -0.444 e. The molecule has 30 heavy (non-hydrogen) atoms. The molecule has 0 aliphatic rings. The maximum atomic E-state index is 13.4. The molecule has 0 unspecified atom stereocenters. The van der Waals surface area contributed by atoms with Crippen LogP contribution in [0, 0.1) is 0 Å². The van der Waals surface area contributed by atoms with Crippen LogP contribution in [0.1, 0.15) is 32.5 Å². The average Bonchev–Trinajstić information content (AvgIpc) is 3.42. The minimum absolute atomic E-state index is 0.147. The number of rotatable bonds is 5. The van der Waals surface area contributed by atoms with Crippen molar-refractivity contribution in [2.75, 3.05) is 0 Å². The zero-order valence-electron chi connectivity index (χ0n) is 15.9. The number of nitrogens with one attached hydrogen (secondary N) is 1. The SMILES string of the molecule is O=C(O[C@@H](C(=O)c1c[nH]c2ccccc12)c1ccccc1)c1cn2ccccc2n1. The lowest BCUT2D eigenvalue weighted by Gasteiger charge is -2.16. The molecule has 1 N–H and O–H groups in total. The molecule has 2 aromatic carbocycles. The molecule has 146 valence electrons. The van der Waals surface area contributed by atoms with E-state index in [2.05, 4.69) is 9.97 Å². The van der Waals surface area contributed by atoms with E-state index in [1.165, 1.54) is 0 Å². The summed E-state index contributed by atoms with van der Waals surface area (Å²) in [5, 5.41) is 0.784. The Morgan fingerprint density at radius 2 is 1.70 bits per heavy atom. The van der Waals surface area contributed by atoms with Crippen molar-refractivity contribution in [1.29, 1.82) is 0 Å². The van der Waals surface area contributed by atoms with Crippen LogP contribution in [-0.2, 0) is 4.74 Å². The van der Waals surface area contributed by atoms with E-state index >= 15 is 0 Å². The van der Waals surface area contributed by atoms with Crippen molar-refractivity contribution in [3.05, 3.63) is 108 Å². The Hall–Kier alpha value is -4.19. The van der Waals surface area contributed by atoms with E-state index in [1.807, 2.05) is 54.6 Å². The topological polar surface area (TPSA) is 76.5 Å². The van der Waals surface area contributed by atoms with Crippen molar-refractivity contribution in [2.24, 2.45) is 0 Å². The highest BCUT2D eigenvalue weighted by atomic mass is 16.5. The summed E-state index contributed by atoms with van der Waals surface area (Å²) in [5.41, 5.74) is 2.70. The number of H-pyrrole nitrogens is 1. The number of para-hydroxylation sites is 1. The van der Waals surface area contributed by atoms with Crippen LogP contribution in [0.15, 0.2) is 91.4 Å². The predicted octanol–water partition coefficient (Wildman–Crippen LogP) is 4.60. The molecule has 5 rings (SSSR count). The van der Waals surface area contributed by atoms with E-state index in [1.54, 1.807) is 41.2 Å². The summed E-state index contributed by atoms with van der Waals surface area (Å²) in [4.78, 5) is 33.7. The van der Waals surface area contributed by atoms with Gasteiger partial charge in [0.05, 0.1) is 0 Å². The Balaban J connectivity index is 1.52. The van der Waals surface area contributed by atoms with Gasteiger partial charge in [-0.15, -0.1) is 0 Å². The number of fused-ring (bicyclic) bond motifs is 2. The van der Waals surface area contributed by atoms with Crippen LogP contribution >= 0.6 is 0 Å². The van der Waals surface area contributed by atoms with Gasteiger partial charge in [-0.05, 0) is 18.2 Å². The number of carbonyl (C=O) groups is 2. The van der Waals surface area contributed by atoms with Gasteiger partial charge in [-0.3, -0.25) is 4.79 Å². The Morgan fingerprint density at radius 3 is 2.53 bits per heavy atom. The molecular formula is C24H17N3O3. The zero-order chi connectivity index (χ0) is 20.5. The molecule has 0 radical (unpaired) electrons. The van der Waals surface area contributed by atoms with E-state index in [0.717, 1.165) is 10.9 Å². The second-order valence-corrected chi connectivity index (χ2v) is 6.90. The van der Waals surface area contributed by atoms with Gasteiger partial charge < -0.3 is 14.1 Å². The lowest BCUT2D eigenvalue weighted by Crippen LogP contribution is -2.20. The van der Waals surface area contributed by atoms with Crippen LogP contribution in [0.25, 0.3) is 16.6 Å². The van der Waals surface area contributed by atoms with Gasteiger partial charge in [-0.2, -0.15) is 0 Å². The Bertz CT molecular complexity index is 1340. The number of nitrogens with zero attached hydrogens (tertiary/aromatic N) is 2. The monoisotopic (exact) mass is 395 g/mol. The number of hydrogen-bond donors (Lipinski definition) is 1. The first-order valence-electron chi connectivity index (χ1n) is 9.51. The predicted molar refractivity (Wildman–Crippen MR) is 112 cm³/mol. The fraction of sp³-hybridized carbons (Fsp3) is 0.0417. The van der Waals surface area contributed by atoms with Gasteiger partial charge in [0.2, 0.25) is 5.78 Å². The number of aromatic amines is 1. The van der Waals surface area contributed by atoms with Gasteiger partial charge in [-0.1, -0.05) is 54.6 Å². The van der Waals surface area contributed by atoms with Crippen molar-refractivity contribution < 1.29 is 14.3 Å². The van der Waals surface area contributed by atoms with Crippen molar-refractivity contribution in [2.45, 2.75) is 6.10 Å². The van der Waals surface area contributed by atoms with Crippen molar-refractivity contribution >= 4 is 28.3 Å². The second-order valence-electron chi connectivity index (χ2n) is 6.90. The Morgan fingerprint density at radius 1 is 0.933 bits per heavy atom. The zero-order valence-corrected chi connectivity index (χ0v) is 15.9. The molecule has 0 saturated carbocycles. The summed E-state index contributed by atoms with van der Waals surface area (Å²) in [7, 11) is 0. The van der Waals surface area contributed by atoms with E-state index < -0.39 is 12.1 Å². The van der Waals surface area contributed by atoms with Gasteiger partial charge in [0.15, 0.2) is 11.8 Å². The highest BCUT2D eigenvalue weighted by molar-refractivity contribution is 6.10. The lowest BCUT2D eigenvalue weighted by atomic mass is 9.99. The summed E-state index contributed by atoms with van der Waals surface area (Å²) in [6.07, 6.45) is 3.96. The summed E-state index contributed by atoms with van der Waals surface area (Å²) < 4.78 is 7.44. The number of hydrogen-bond acceptors (Lipinski definition) is 4. The van der Waals surface area contributed by atoms with Gasteiger partial charge in [0.1, 0.15) is 5.65 Å². The van der Waals surface area contributed by atoms with Crippen LogP contribution in [0.5, 0.6) is 0 Å². The lowest BCUT2D eigenvalue weighted by molar-refractivity contribution is 0.0275. The number of esters is 1. The number of carbonyl (C=O) groups excluding carboxylic acids is 2. The molecule has 3 aromatic heterocycles. The first kappa shape index (κ1) is 17.9. The summed E-state index contributed by atoms with van der Waals surface area (Å²) >= 11 is 0. The van der Waals surface area contributed by atoms with Gasteiger partial charge in [-0.25, -0.2) is 9.78 Å². The number of aromatic nitrogens is 3. The number of benzene rings is 2. The highest BCUT2D eigenvalue weighted by Crippen LogP contribution is 2.28. The molecule has 6 nitrogen and oxygen atoms in total. The van der Waals surface area contributed by atoms with Crippen molar-refractivity contribution in [1.82, 2.24) is 14.4 Å². The molecule has 0 aliphatic carbocycles. The average molecular weight is 395 g/mol. The first-order chi connectivity index (χ1) is 14.7. The molecule has 0 amide bonds. The highest BCUT2D eigenvalue weighted by Gasteiger charge is 2.29. The quantitative estimate of drug-likeness (QED) is 0.349. The van der Waals surface area contributed by atoms with Gasteiger partial charge in [0, 0.05) is 40.6 Å². The second kappa shape index (κ2) is 7.33. The van der Waals surface area contributed by atoms with E-state index in [-0.39, 0.29) is 11.5 Å². The number of ketones is 1. The molecular weight excluding hydrogens is 378 g/mol. The largest absolute Gasteiger partial charge is 0.444 e. The minimum atomic E-state index is -1.08. The first-order valence-corrected chi connectivity index (χ1v) is 9.51. The summed E-state index contributed by atoms with van der Waals surface area (Å²) in [5.74, 6) is -0.948. The van der Waals surface area contributed by atoms with Crippen LogP contribution < -0.4 is 0 Å². The smallest absolute Gasteiger partial charge is 0.359 e. The van der Waals surface area contributed by atoms with E-state index in [4.69, 9.17) is 4.74 Å². The molecule has 0 fully saturated rings. The third-order valence-corrected chi connectivity index (χ3v) is 4.99.